The minimum absolute atomic E-state index is 0.0431. The van der Waals surface area contributed by atoms with E-state index < -0.39 is 6.10 Å². The van der Waals surface area contributed by atoms with Crippen molar-refractivity contribution < 1.29 is 23.8 Å². The molecule has 0 aliphatic carbocycles. The lowest BCUT2D eigenvalue weighted by atomic mass is 10.1. The number of rotatable bonds is 50. The van der Waals surface area contributed by atoms with Crippen LogP contribution in [0.5, 0.6) is 0 Å². The summed E-state index contributed by atoms with van der Waals surface area (Å²) in [6.45, 7) is 7.51. The minimum atomic E-state index is -0.582. The molecule has 386 valence electrons. The number of ether oxygens (including phenoxy) is 3. The first-order valence-electron chi connectivity index (χ1n) is 28.1. The summed E-state index contributed by atoms with van der Waals surface area (Å²) in [5.41, 5.74) is 0. The molecule has 0 aliphatic rings. The van der Waals surface area contributed by atoms with E-state index in [4.69, 9.17) is 14.2 Å². The van der Waals surface area contributed by atoms with Crippen LogP contribution in [-0.4, -0.2) is 37.9 Å². The Bertz CT molecular complexity index is 1390. The molecule has 5 heteroatoms. The third-order valence-electron chi connectivity index (χ3n) is 11.5. The second-order valence-electron chi connectivity index (χ2n) is 18.1. The van der Waals surface area contributed by atoms with Gasteiger partial charge in [-0.1, -0.05) is 219 Å². The van der Waals surface area contributed by atoms with Gasteiger partial charge in [-0.15, -0.1) is 0 Å². The van der Waals surface area contributed by atoms with Crippen molar-refractivity contribution in [1.29, 1.82) is 0 Å². The Kier molecular flexibility index (Phi) is 54.5. The Morgan fingerprint density at radius 1 is 0.338 bits per heavy atom. The molecule has 0 aromatic carbocycles. The molecule has 0 heterocycles. The van der Waals surface area contributed by atoms with Gasteiger partial charge in [0.2, 0.25) is 0 Å². The lowest BCUT2D eigenvalue weighted by molar-refractivity contribution is -0.163. The molecule has 0 saturated carbocycles. The fourth-order valence-electron chi connectivity index (χ4n) is 7.34. The number of carbonyl (C=O) groups excluding carboxylic acids is 2. The Hall–Kier alpha value is -3.70. The summed E-state index contributed by atoms with van der Waals surface area (Å²) in [6.07, 6.45) is 80.8. The van der Waals surface area contributed by atoms with Crippen molar-refractivity contribution in [2.75, 3.05) is 19.8 Å². The first-order chi connectivity index (χ1) is 33.6. The lowest BCUT2D eigenvalue weighted by Crippen LogP contribution is -2.30. The van der Waals surface area contributed by atoms with Crippen molar-refractivity contribution in [2.24, 2.45) is 0 Å². The zero-order chi connectivity index (χ0) is 49.2. The summed E-state index contributed by atoms with van der Waals surface area (Å²) in [7, 11) is 0. The summed E-state index contributed by atoms with van der Waals surface area (Å²) in [5, 5.41) is 0. The van der Waals surface area contributed by atoms with Gasteiger partial charge in [-0.25, -0.2) is 0 Å². The molecule has 0 bridgehead atoms. The molecule has 5 nitrogen and oxygen atoms in total. The van der Waals surface area contributed by atoms with E-state index in [-0.39, 0.29) is 25.2 Å². The third-order valence-corrected chi connectivity index (χ3v) is 11.5. The smallest absolute Gasteiger partial charge is 0.306 e. The lowest BCUT2D eigenvalue weighted by Gasteiger charge is -2.18. The third kappa shape index (κ3) is 54.9. The Balaban J connectivity index is 4.41. The number of esters is 2. The van der Waals surface area contributed by atoms with Crippen LogP contribution in [0.1, 0.15) is 239 Å². The Labute approximate surface area is 420 Å². The Morgan fingerprint density at radius 2 is 0.662 bits per heavy atom. The van der Waals surface area contributed by atoms with Crippen molar-refractivity contribution in [3.8, 4) is 0 Å². The van der Waals surface area contributed by atoms with Crippen LogP contribution in [0.3, 0.4) is 0 Å². The Morgan fingerprint density at radius 3 is 1.10 bits per heavy atom. The average Bonchev–Trinajstić information content (AvgIpc) is 3.34. The van der Waals surface area contributed by atoms with E-state index in [0.717, 1.165) is 116 Å². The second-order valence-corrected chi connectivity index (χ2v) is 18.1. The number of allylic oxidation sites excluding steroid dienone is 20. The van der Waals surface area contributed by atoms with Crippen LogP contribution in [0.2, 0.25) is 0 Å². The highest BCUT2D eigenvalue weighted by Crippen LogP contribution is 2.13. The highest BCUT2D eigenvalue weighted by atomic mass is 16.6. The van der Waals surface area contributed by atoms with Crippen molar-refractivity contribution in [2.45, 2.75) is 245 Å². The first-order valence-corrected chi connectivity index (χ1v) is 28.1. The van der Waals surface area contributed by atoms with Crippen LogP contribution >= 0.6 is 0 Å². The van der Waals surface area contributed by atoms with Crippen LogP contribution in [0.4, 0.5) is 0 Å². The summed E-state index contributed by atoms with van der Waals surface area (Å²) in [6, 6.07) is 0. The van der Waals surface area contributed by atoms with Gasteiger partial charge >= 0.3 is 11.9 Å². The molecule has 0 rings (SSSR count). The average molecular weight is 942 g/mol. The fraction of sp³-hybridized carbons (Fsp3) is 0.651. The maximum absolute atomic E-state index is 12.8. The molecule has 0 radical (unpaired) electrons. The molecule has 68 heavy (non-hydrogen) atoms. The zero-order valence-electron chi connectivity index (χ0n) is 44.3. The topological polar surface area (TPSA) is 61.8 Å². The number of carbonyl (C=O) groups is 2. The van der Waals surface area contributed by atoms with Gasteiger partial charge in [0.1, 0.15) is 6.61 Å². The van der Waals surface area contributed by atoms with E-state index in [2.05, 4.69) is 142 Å². The van der Waals surface area contributed by atoms with E-state index in [1.165, 1.54) is 89.9 Å². The van der Waals surface area contributed by atoms with Gasteiger partial charge in [-0.2, -0.15) is 0 Å². The second kappa shape index (κ2) is 57.6. The van der Waals surface area contributed by atoms with Crippen LogP contribution < -0.4 is 0 Å². The van der Waals surface area contributed by atoms with Gasteiger partial charge in [-0.3, -0.25) is 9.59 Å². The highest BCUT2D eigenvalue weighted by molar-refractivity contribution is 5.70. The van der Waals surface area contributed by atoms with Gasteiger partial charge in [0, 0.05) is 19.4 Å². The summed E-state index contributed by atoms with van der Waals surface area (Å²) >= 11 is 0. The molecule has 0 fully saturated rings. The van der Waals surface area contributed by atoms with E-state index >= 15 is 0 Å². The largest absolute Gasteiger partial charge is 0.462 e. The van der Waals surface area contributed by atoms with Crippen molar-refractivity contribution >= 4 is 11.9 Å². The molecule has 0 amide bonds. The molecule has 1 unspecified atom stereocenters. The predicted molar refractivity (Wildman–Crippen MR) is 297 cm³/mol. The number of hydrogen-bond acceptors (Lipinski definition) is 5. The van der Waals surface area contributed by atoms with Crippen molar-refractivity contribution in [1.82, 2.24) is 0 Å². The van der Waals surface area contributed by atoms with Gasteiger partial charge in [-0.05, 0) is 128 Å². The van der Waals surface area contributed by atoms with Crippen molar-refractivity contribution in [3.63, 3.8) is 0 Å². The summed E-state index contributed by atoms with van der Waals surface area (Å²) < 4.78 is 17.4. The molecule has 0 aliphatic heterocycles. The molecule has 1 atom stereocenters. The number of hydrogen-bond donors (Lipinski definition) is 0. The molecule has 0 spiro atoms. The molecular formula is C63H104O5. The highest BCUT2D eigenvalue weighted by Gasteiger charge is 2.17. The van der Waals surface area contributed by atoms with E-state index in [0.29, 0.717) is 19.4 Å². The normalized spacial score (nSPS) is 13.2. The molecule has 0 aromatic rings. The summed E-state index contributed by atoms with van der Waals surface area (Å²) in [4.78, 5) is 25.5. The molecule has 0 N–H and O–H groups in total. The molecule has 0 aromatic heterocycles. The quantitative estimate of drug-likeness (QED) is 0.0345. The maximum atomic E-state index is 12.8. The van der Waals surface area contributed by atoms with Crippen LogP contribution in [0.15, 0.2) is 122 Å². The number of unbranched alkanes of at least 4 members (excludes halogenated alkanes) is 19. The zero-order valence-corrected chi connectivity index (χ0v) is 44.3. The van der Waals surface area contributed by atoms with E-state index in [1.807, 2.05) is 0 Å². The summed E-state index contributed by atoms with van der Waals surface area (Å²) in [5.74, 6) is -0.488. The van der Waals surface area contributed by atoms with E-state index in [9.17, 15) is 9.59 Å². The van der Waals surface area contributed by atoms with Gasteiger partial charge in [0.15, 0.2) is 6.10 Å². The standard InChI is InChI=1S/C63H104O5/c1-4-7-10-13-16-19-22-25-28-30-32-33-36-38-41-44-47-50-53-56-62(64)67-60-61(68-63(65)57-54-51-48-45-42-39-35-27-24-21-18-15-12-9-6-3)59-66-58-55-52-49-46-43-40-37-34-31-29-26-23-20-17-14-11-8-5-2/h7,9-10,12,16,18-19,21,25-29,32-33,35,38,41-42,45,61H,4-6,8,11,13-15,17,20,22-24,30-31,34,36-37,39-40,43-44,46-60H2,1-3H3/b10-7-,12-9-,19-16-,21-18-,28-25-,29-26-,33-32-,35-27-,41-38-,45-42-. The molecular weight excluding hydrogens is 837 g/mol. The van der Waals surface area contributed by atoms with Gasteiger partial charge in [0.25, 0.3) is 0 Å². The predicted octanol–water partition coefficient (Wildman–Crippen LogP) is 19.3. The first kappa shape index (κ1) is 64.3. The van der Waals surface area contributed by atoms with Gasteiger partial charge in [0.05, 0.1) is 6.61 Å². The minimum Gasteiger partial charge on any atom is -0.462 e. The monoisotopic (exact) mass is 941 g/mol. The fourth-order valence-corrected chi connectivity index (χ4v) is 7.34. The van der Waals surface area contributed by atoms with Crippen molar-refractivity contribution in [3.05, 3.63) is 122 Å². The van der Waals surface area contributed by atoms with Gasteiger partial charge < -0.3 is 14.2 Å². The SMILES string of the molecule is CC/C=C\C/C=C\C/C=C\C/C=C\C/C=C\CCCCCC(=O)OCC(COCCCCCCCCCC/C=C\CCCCCCCC)OC(=O)CCCC/C=C\C/C=C\C/C=C\C/C=C\CC. The maximum Gasteiger partial charge on any atom is 0.306 e. The van der Waals surface area contributed by atoms with E-state index in [1.54, 1.807) is 0 Å². The van der Waals surface area contributed by atoms with Crippen LogP contribution in [0, 0.1) is 0 Å². The van der Waals surface area contributed by atoms with Crippen LogP contribution in [-0.2, 0) is 23.8 Å². The van der Waals surface area contributed by atoms with Crippen LogP contribution in [0.25, 0.3) is 0 Å². The molecule has 0 saturated heterocycles.